The van der Waals surface area contributed by atoms with Crippen molar-refractivity contribution in [2.45, 2.75) is 38.1 Å². The highest BCUT2D eigenvalue weighted by Gasteiger charge is 2.26. The largest absolute Gasteiger partial charge is 0.354 e. The van der Waals surface area contributed by atoms with E-state index < -0.39 is 0 Å². The van der Waals surface area contributed by atoms with Crippen LogP contribution in [0.2, 0.25) is 0 Å². The molecule has 1 amide bonds. The zero-order valence-corrected chi connectivity index (χ0v) is 18.4. The van der Waals surface area contributed by atoms with Crippen LogP contribution in [-0.2, 0) is 11.2 Å². The molecule has 1 fully saturated rings. The SMILES string of the molecule is CCc1noc(C(C)N2CCN(CC(=O)NCCSc3ccc(C)cc3)CC2)n1. The number of nitrogens with zero attached hydrogens (tertiary/aromatic N) is 4. The van der Waals surface area contributed by atoms with Crippen molar-refractivity contribution in [1.82, 2.24) is 25.3 Å². The minimum absolute atomic E-state index is 0.0977. The summed E-state index contributed by atoms with van der Waals surface area (Å²) in [5.41, 5.74) is 1.26. The van der Waals surface area contributed by atoms with Gasteiger partial charge in [-0.1, -0.05) is 29.8 Å². The third kappa shape index (κ3) is 6.55. The summed E-state index contributed by atoms with van der Waals surface area (Å²) in [4.78, 5) is 22.4. The van der Waals surface area contributed by atoms with Crippen LogP contribution < -0.4 is 5.32 Å². The number of carbonyl (C=O) groups excluding carboxylic acids is 1. The normalized spacial score (nSPS) is 16.7. The third-order valence-electron chi connectivity index (χ3n) is 5.19. The van der Waals surface area contributed by atoms with Crippen LogP contribution in [0.3, 0.4) is 0 Å². The molecule has 1 N–H and O–H groups in total. The van der Waals surface area contributed by atoms with Crippen LogP contribution in [0.15, 0.2) is 33.7 Å². The smallest absolute Gasteiger partial charge is 0.243 e. The highest BCUT2D eigenvalue weighted by Crippen LogP contribution is 2.20. The number of aryl methyl sites for hydroxylation is 2. The van der Waals surface area contributed by atoms with E-state index in [4.69, 9.17) is 4.52 Å². The van der Waals surface area contributed by atoms with E-state index in [9.17, 15) is 4.79 Å². The molecule has 8 heteroatoms. The zero-order chi connectivity index (χ0) is 20.6. The molecular formula is C21H31N5O2S. The standard InChI is InChI=1S/C21H31N5O2S/c1-4-19-23-21(28-24-19)17(3)26-12-10-25(11-13-26)15-20(27)22-9-14-29-18-7-5-16(2)6-8-18/h5-8,17H,4,9-15H2,1-3H3,(H,22,27). The maximum Gasteiger partial charge on any atom is 0.243 e. The number of hydrogen-bond donors (Lipinski definition) is 1. The molecule has 7 nitrogen and oxygen atoms in total. The van der Waals surface area contributed by atoms with Gasteiger partial charge in [0.2, 0.25) is 11.8 Å². The molecule has 0 spiro atoms. The number of piperazine rings is 1. The van der Waals surface area contributed by atoms with Gasteiger partial charge < -0.3 is 9.84 Å². The Kier molecular flexibility index (Phi) is 8.09. The summed E-state index contributed by atoms with van der Waals surface area (Å²) in [5.74, 6) is 2.41. The predicted octanol–water partition coefficient (Wildman–Crippen LogP) is 2.53. The molecule has 1 unspecified atom stereocenters. The maximum absolute atomic E-state index is 12.2. The van der Waals surface area contributed by atoms with Crippen LogP contribution in [0, 0.1) is 6.92 Å². The van der Waals surface area contributed by atoms with Gasteiger partial charge in [-0.3, -0.25) is 14.6 Å². The number of aromatic nitrogens is 2. The fourth-order valence-electron chi connectivity index (χ4n) is 3.30. The Balaban J connectivity index is 1.32. The molecule has 1 saturated heterocycles. The average Bonchev–Trinajstić information content (AvgIpc) is 3.22. The number of carbonyl (C=O) groups is 1. The van der Waals surface area contributed by atoms with Crippen LogP contribution in [0.5, 0.6) is 0 Å². The average molecular weight is 418 g/mol. The molecule has 2 aromatic rings. The predicted molar refractivity (Wildman–Crippen MR) is 115 cm³/mol. The quantitative estimate of drug-likeness (QED) is 0.496. The van der Waals surface area contributed by atoms with Gasteiger partial charge in [0.15, 0.2) is 5.82 Å². The second-order valence-corrected chi connectivity index (χ2v) is 8.57. The van der Waals surface area contributed by atoms with Crippen molar-refractivity contribution in [3.63, 3.8) is 0 Å². The van der Waals surface area contributed by atoms with E-state index in [0.717, 1.165) is 44.2 Å². The molecule has 1 aliphatic rings. The summed E-state index contributed by atoms with van der Waals surface area (Å²) >= 11 is 1.77. The van der Waals surface area contributed by atoms with Crippen molar-refractivity contribution < 1.29 is 9.32 Å². The van der Waals surface area contributed by atoms with Crippen molar-refractivity contribution in [3.8, 4) is 0 Å². The number of benzene rings is 1. The number of thioether (sulfide) groups is 1. The summed E-state index contributed by atoms with van der Waals surface area (Å²) in [7, 11) is 0. The summed E-state index contributed by atoms with van der Waals surface area (Å²) in [6.07, 6.45) is 0.780. The van der Waals surface area contributed by atoms with Crippen LogP contribution in [0.4, 0.5) is 0 Å². The van der Waals surface area contributed by atoms with E-state index in [-0.39, 0.29) is 11.9 Å². The maximum atomic E-state index is 12.2. The Morgan fingerprint density at radius 1 is 1.24 bits per heavy atom. The lowest BCUT2D eigenvalue weighted by atomic mass is 10.2. The van der Waals surface area contributed by atoms with Crippen molar-refractivity contribution in [2.24, 2.45) is 0 Å². The molecule has 3 rings (SSSR count). The van der Waals surface area contributed by atoms with E-state index in [1.54, 1.807) is 11.8 Å². The first-order valence-corrected chi connectivity index (χ1v) is 11.3. The van der Waals surface area contributed by atoms with E-state index in [1.165, 1.54) is 10.5 Å². The van der Waals surface area contributed by atoms with Crippen molar-refractivity contribution in [2.75, 3.05) is 45.0 Å². The summed E-state index contributed by atoms with van der Waals surface area (Å²) < 4.78 is 5.37. The molecule has 2 heterocycles. The monoisotopic (exact) mass is 417 g/mol. The van der Waals surface area contributed by atoms with Gasteiger partial charge in [0, 0.05) is 49.8 Å². The third-order valence-corrected chi connectivity index (χ3v) is 6.21. The summed E-state index contributed by atoms with van der Waals surface area (Å²) in [6.45, 7) is 10.9. The van der Waals surface area contributed by atoms with Crippen LogP contribution in [0.1, 0.15) is 37.2 Å². The molecule has 158 valence electrons. The van der Waals surface area contributed by atoms with E-state index in [0.29, 0.717) is 19.0 Å². The first-order chi connectivity index (χ1) is 14.0. The first kappa shape index (κ1) is 21.8. The fourth-order valence-corrected chi connectivity index (χ4v) is 4.07. The highest BCUT2D eigenvalue weighted by atomic mass is 32.2. The zero-order valence-electron chi connectivity index (χ0n) is 17.6. The van der Waals surface area contributed by atoms with Gasteiger partial charge in [0.25, 0.3) is 0 Å². The topological polar surface area (TPSA) is 74.5 Å². The van der Waals surface area contributed by atoms with Crippen molar-refractivity contribution in [3.05, 3.63) is 41.5 Å². The minimum Gasteiger partial charge on any atom is -0.354 e. The molecule has 0 saturated carbocycles. The lowest BCUT2D eigenvalue weighted by molar-refractivity contribution is -0.122. The molecule has 0 aliphatic carbocycles. The summed E-state index contributed by atoms with van der Waals surface area (Å²) in [5, 5.41) is 7.02. The Bertz CT molecular complexity index is 772. The molecule has 1 atom stereocenters. The molecule has 1 aromatic carbocycles. The number of hydrogen-bond acceptors (Lipinski definition) is 7. The number of rotatable bonds is 9. The molecule has 1 aromatic heterocycles. The first-order valence-electron chi connectivity index (χ1n) is 10.3. The molecule has 0 radical (unpaired) electrons. The van der Waals surface area contributed by atoms with E-state index in [1.807, 2.05) is 6.92 Å². The minimum atomic E-state index is 0.0977. The number of nitrogens with one attached hydrogen (secondary N) is 1. The van der Waals surface area contributed by atoms with Crippen LogP contribution >= 0.6 is 11.8 Å². The molecule has 1 aliphatic heterocycles. The van der Waals surface area contributed by atoms with Crippen molar-refractivity contribution >= 4 is 17.7 Å². The molecule has 0 bridgehead atoms. The van der Waals surface area contributed by atoms with Crippen LogP contribution in [0.25, 0.3) is 0 Å². The lowest BCUT2D eigenvalue weighted by Gasteiger charge is -2.36. The van der Waals surface area contributed by atoms with E-state index in [2.05, 4.69) is 63.4 Å². The number of amides is 1. The Labute approximate surface area is 177 Å². The highest BCUT2D eigenvalue weighted by molar-refractivity contribution is 7.99. The van der Waals surface area contributed by atoms with Gasteiger partial charge in [-0.25, -0.2) is 0 Å². The Hall–Kier alpha value is -1.90. The Morgan fingerprint density at radius 2 is 1.97 bits per heavy atom. The second-order valence-electron chi connectivity index (χ2n) is 7.40. The van der Waals surface area contributed by atoms with Crippen molar-refractivity contribution in [1.29, 1.82) is 0 Å². The fraction of sp³-hybridized carbons (Fsp3) is 0.571. The van der Waals surface area contributed by atoms with Gasteiger partial charge in [0.1, 0.15) is 0 Å². The van der Waals surface area contributed by atoms with Gasteiger partial charge in [-0.2, -0.15) is 4.98 Å². The van der Waals surface area contributed by atoms with Crippen LogP contribution in [-0.4, -0.2) is 70.9 Å². The van der Waals surface area contributed by atoms with Gasteiger partial charge in [-0.15, -0.1) is 11.8 Å². The van der Waals surface area contributed by atoms with E-state index >= 15 is 0 Å². The summed E-state index contributed by atoms with van der Waals surface area (Å²) in [6, 6.07) is 8.59. The molecular weight excluding hydrogens is 386 g/mol. The van der Waals surface area contributed by atoms with Gasteiger partial charge in [0.05, 0.1) is 12.6 Å². The van der Waals surface area contributed by atoms with Gasteiger partial charge in [-0.05, 0) is 26.0 Å². The lowest BCUT2D eigenvalue weighted by Crippen LogP contribution is -2.50. The Morgan fingerprint density at radius 3 is 2.62 bits per heavy atom. The molecule has 29 heavy (non-hydrogen) atoms. The second kappa shape index (κ2) is 10.8. The van der Waals surface area contributed by atoms with Gasteiger partial charge >= 0.3 is 0 Å².